The van der Waals surface area contributed by atoms with Crippen LogP contribution in [0.3, 0.4) is 0 Å². The second-order valence-electron chi connectivity index (χ2n) is 4.58. The van der Waals surface area contributed by atoms with Gasteiger partial charge in [0.05, 0.1) is 5.02 Å². The van der Waals surface area contributed by atoms with Crippen LogP contribution in [0.25, 0.3) is 0 Å². The summed E-state index contributed by atoms with van der Waals surface area (Å²) in [6.07, 6.45) is 2.38. The van der Waals surface area contributed by atoms with Crippen LogP contribution in [0.4, 0.5) is 0 Å². The molecule has 0 amide bonds. The van der Waals surface area contributed by atoms with Crippen LogP contribution in [-0.2, 0) is 0 Å². The zero-order chi connectivity index (χ0) is 14.4. The lowest BCUT2D eigenvalue weighted by Gasteiger charge is -2.08. The summed E-state index contributed by atoms with van der Waals surface area (Å²) in [5.41, 5.74) is 0.536. The third kappa shape index (κ3) is 3.84. The molecule has 0 spiro atoms. The van der Waals surface area contributed by atoms with Crippen LogP contribution in [0.15, 0.2) is 48.5 Å². The summed E-state index contributed by atoms with van der Waals surface area (Å²) < 4.78 is 5.72. The van der Waals surface area contributed by atoms with Gasteiger partial charge in [-0.25, -0.2) is 0 Å². The molecule has 2 aromatic carbocycles. The molecule has 0 saturated heterocycles. The first kappa shape index (κ1) is 14.6. The van der Waals surface area contributed by atoms with Gasteiger partial charge in [-0.3, -0.25) is 4.79 Å². The zero-order valence-corrected chi connectivity index (χ0v) is 12.2. The lowest BCUT2D eigenvalue weighted by atomic mass is 10.1. The highest BCUT2D eigenvalue weighted by atomic mass is 35.5. The third-order valence-corrected chi connectivity index (χ3v) is 3.30. The van der Waals surface area contributed by atoms with E-state index in [0.717, 1.165) is 18.6 Å². The van der Waals surface area contributed by atoms with Gasteiger partial charge in [-0.15, -0.1) is 0 Å². The molecule has 0 aliphatic rings. The van der Waals surface area contributed by atoms with Crippen molar-refractivity contribution in [3.8, 4) is 11.5 Å². The standard InChI is InChI=1S/C17H17ClO2/c1-2-3-9-17(19)15-12-14(10-11-16(15)18)20-13-7-5-4-6-8-13/h4-8,10-12H,2-3,9H2,1H3. The van der Waals surface area contributed by atoms with Crippen LogP contribution in [0.5, 0.6) is 11.5 Å². The number of Topliss-reactive ketones (excluding diaryl/α,β-unsaturated/α-hetero) is 1. The van der Waals surface area contributed by atoms with Crippen molar-refractivity contribution in [2.24, 2.45) is 0 Å². The largest absolute Gasteiger partial charge is 0.457 e. The van der Waals surface area contributed by atoms with E-state index in [1.54, 1.807) is 18.2 Å². The fraction of sp³-hybridized carbons (Fsp3) is 0.235. The first-order valence-corrected chi connectivity index (χ1v) is 7.14. The summed E-state index contributed by atoms with van der Waals surface area (Å²) in [5, 5.41) is 0.478. The fourth-order valence-electron chi connectivity index (χ4n) is 1.88. The van der Waals surface area contributed by atoms with Gasteiger partial charge in [0.2, 0.25) is 0 Å². The Hall–Kier alpha value is -1.80. The Labute approximate surface area is 124 Å². The summed E-state index contributed by atoms with van der Waals surface area (Å²) in [4.78, 5) is 12.1. The predicted molar refractivity (Wildman–Crippen MR) is 81.8 cm³/mol. The van der Waals surface area contributed by atoms with Gasteiger partial charge >= 0.3 is 0 Å². The van der Waals surface area contributed by atoms with Gasteiger partial charge in [0.15, 0.2) is 5.78 Å². The van der Waals surface area contributed by atoms with Crippen LogP contribution >= 0.6 is 11.6 Å². The van der Waals surface area contributed by atoms with Gasteiger partial charge in [0.25, 0.3) is 0 Å². The molecule has 2 nitrogen and oxygen atoms in total. The SMILES string of the molecule is CCCCC(=O)c1cc(Oc2ccccc2)ccc1Cl. The molecule has 3 heteroatoms. The Bertz CT molecular complexity index is 579. The normalized spacial score (nSPS) is 10.3. The van der Waals surface area contributed by atoms with E-state index in [2.05, 4.69) is 6.92 Å². The molecule has 0 saturated carbocycles. The summed E-state index contributed by atoms with van der Waals surface area (Å²) in [6.45, 7) is 2.06. The molecule has 0 fully saturated rings. The molecule has 0 atom stereocenters. The smallest absolute Gasteiger partial charge is 0.164 e. The lowest BCUT2D eigenvalue weighted by molar-refractivity contribution is 0.0979. The fourth-order valence-corrected chi connectivity index (χ4v) is 2.10. The second kappa shape index (κ2) is 7.11. The minimum atomic E-state index is 0.0651. The molecule has 0 radical (unpaired) electrons. The van der Waals surface area contributed by atoms with Crippen molar-refractivity contribution in [3.63, 3.8) is 0 Å². The van der Waals surface area contributed by atoms with Gasteiger partial charge in [-0.1, -0.05) is 43.1 Å². The third-order valence-electron chi connectivity index (χ3n) is 2.97. The molecule has 0 heterocycles. The number of carbonyl (C=O) groups is 1. The number of unbranched alkanes of at least 4 members (excludes halogenated alkanes) is 1. The number of benzene rings is 2. The Morgan fingerprint density at radius 3 is 2.55 bits per heavy atom. The Balaban J connectivity index is 2.18. The summed E-state index contributed by atoms with van der Waals surface area (Å²) >= 11 is 6.10. The molecule has 2 aromatic rings. The maximum atomic E-state index is 12.1. The van der Waals surface area contributed by atoms with E-state index in [0.29, 0.717) is 22.8 Å². The number of hydrogen-bond acceptors (Lipinski definition) is 2. The van der Waals surface area contributed by atoms with Crippen LogP contribution in [-0.4, -0.2) is 5.78 Å². The van der Waals surface area contributed by atoms with E-state index in [4.69, 9.17) is 16.3 Å². The van der Waals surface area contributed by atoms with Crippen LogP contribution in [0, 0.1) is 0 Å². The minimum Gasteiger partial charge on any atom is -0.457 e. The van der Waals surface area contributed by atoms with Crippen molar-refractivity contribution in [2.75, 3.05) is 0 Å². The zero-order valence-electron chi connectivity index (χ0n) is 11.4. The van der Waals surface area contributed by atoms with E-state index in [1.807, 2.05) is 30.3 Å². The monoisotopic (exact) mass is 288 g/mol. The van der Waals surface area contributed by atoms with Crippen molar-refractivity contribution in [1.82, 2.24) is 0 Å². The highest BCUT2D eigenvalue weighted by Gasteiger charge is 2.11. The number of para-hydroxylation sites is 1. The Morgan fingerprint density at radius 1 is 1.10 bits per heavy atom. The molecule has 20 heavy (non-hydrogen) atoms. The molecule has 0 aromatic heterocycles. The Kier molecular flexibility index (Phi) is 5.19. The average Bonchev–Trinajstić information content (AvgIpc) is 2.48. The van der Waals surface area contributed by atoms with E-state index >= 15 is 0 Å². The van der Waals surface area contributed by atoms with E-state index in [-0.39, 0.29) is 5.78 Å². The molecular formula is C17H17ClO2. The average molecular weight is 289 g/mol. The topological polar surface area (TPSA) is 26.3 Å². The van der Waals surface area contributed by atoms with E-state index in [1.165, 1.54) is 0 Å². The maximum Gasteiger partial charge on any atom is 0.164 e. The first-order chi connectivity index (χ1) is 9.70. The van der Waals surface area contributed by atoms with Gasteiger partial charge in [0.1, 0.15) is 11.5 Å². The van der Waals surface area contributed by atoms with E-state index < -0.39 is 0 Å². The summed E-state index contributed by atoms with van der Waals surface area (Å²) in [7, 11) is 0. The molecule has 0 aliphatic heterocycles. The second-order valence-corrected chi connectivity index (χ2v) is 4.99. The summed E-state index contributed by atoms with van der Waals surface area (Å²) in [5.74, 6) is 1.43. The number of ketones is 1. The minimum absolute atomic E-state index is 0.0651. The van der Waals surface area contributed by atoms with Crippen LogP contribution < -0.4 is 4.74 Å². The number of ether oxygens (including phenoxy) is 1. The van der Waals surface area contributed by atoms with Gasteiger partial charge in [0, 0.05) is 12.0 Å². The predicted octanol–water partition coefficient (Wildman–Crippen LogP) is 5.51. The highest BCUT2D eigenvalue weighted by Crippen LogP contribution is 2.27. The number of carbonyl (C=O) groups excluding carboxylic acids is 1. The van der Waals surface area contributed by atoms with Gasteiger partial charge in [-0.05, 0) is 36.8 Å². The van der Waals surface area contributed by atoms with Gasteiger partial charge in [-0.2, -0.15) is 0 Å². The maximum absolute atomic E-state index is 12.1. The first-order valence-electron chi connectivity index (χ1n) is 6.76. The number of hydrogen-bond donors (Lipinski definition) is 0. The molecule has 2 rings (SSSR count). The number of rotatable bonds is 6. The molecule has 0 bridgehead atoms. The molecule has 104 valence electrons. The van der Waals surface area contributed by atoms with Crippen molar-refractivity contribution in [2.45, 2.75) is 26.2 Å². The molecular weight excluding hydrogens is 272 g/mol. The molecule has 0 N–H and O–H groups in total. The quantitative estimate of drug-likeness (QED) is 0.656. The molecule has 0 unspecified atom stereocenters. The van der Waals surface area contributed by atoms with Crippen LogP contribution in [0.2, 0.25) is 5.02 Å². The molecule has 0 aliphatic carbocycles. The van der Waals surface area contributed by atoms with Crippen molar-refractivity contribution in [3.05, 3.63) is 59.1 Å². The Morgan fingerprint density at radius 2 is 1.85 bits per heavy atom. The lowest BCUT2D eigenvalue weighted by Crippen LogP contribution is -2.00. The van der Waals surface area contributed by atoms with Crippen molar-refractivity contribution < 1.29 is 9.53 Å². The summed E-state index contributed by atoms with van der Waals surface area (Å²) in [6, 6.07) is 14.7. The van der Waals surface area contributed by atoms with Gasteiger partial charge < -0.3 is 4.74 Å². The number of halogens is 1. The van der Waals surface area contributed by atoms with Crippen LogP contribution in [0.1, 0.15) is 36.5 Å². The highest BCUT2D eigenvalue weighted by molar-refractivity contribution is 6.34. The van der Waals surface area contributed by atoms with Crippen molar-refractivity contribution >= 4 is 17.4 Å². The van der Waals surface area contributed by atoms with E-state index in [9.17, 15) is 4.79 Å². The van der Waals surface area contributed by atoms with Crippen molar-refractivity contribution in [1.29, 1.82) is 0 Å².